The minimum Gasteiger partial charge on any atom is -0.333 e. The molecule has 1 aromatic heterocycles. The summed E-state index contributed by atoms with van der Waals surface area (Å²) >= 11 is 3.44. The predicted octanol–water partition coefficient (Wildman–Crippen LogP) is 3.19. The van der Waals surface area contributed by atoms with E-state index in [1.54, 1.807) is 0 Å². The SMILES string of the molecule is CC(C)NCc1cn(Cc2ccc(Br)cc2)cn1. The Hall–Kier alpha value is -1.13. The molecule has 96 valence electrons. The van der Waals surface area contributed by atoms with Crippen molar-refractivity contribution in [1.29, 1.82) is 0 Å². The predicted molar refractivity (Wildman–Crippen MR) is 77.4 cm³/mol. The van der Waals surface area contributed by atoms with Crippen LogP contribution in [0.1, 0.15) is 25.1 Å². The lowest BCUT2D eigenvalue weighted by atomic mass is 10.2. The molecule has 18 heavy (non-hydrogen) atoms. The first-order valence-electron chi connectivity index (χ1n) is 6.12. The van der Waals surface area contributed by atoms with E-state index >= 15 is 0 Å². The molecule has 0 radical (unpaired) electrons. The molecule has 0 atom stereocenters. The van der Waals surface area contributed by atoms with Crippen LogP contribution in [0.3, 0.4) is 0 Å². The van der Waals surface area contributed by atoms with Crippen molar-refractivity contribution in [1.82, 2.24) is 14.9 Å². The third-order valence-electron chi connectivity index (χ3n) is 2.66. The maximum atomic E-state index is 4.39. The van der Waals surface area contributed by atoms with Crippen LogP contribution in [0.25, 0.3) is 0 Å². The number of benzene rings is 1. The Morgan fingerprint density at radius 1 is 1.28 bits per heavy atom. The number of rotatable bonds is 5. The van der Waals surface area contributed by atoms with Crippen LogP contribution in [-0.4, -0.2) is 15.6 Å². The summed E-state index contributed by atoms with van der Waals surface area (Å²) in [4.78, 5) is 4.39. The second-order valence-corrected chi connectivity index (χ2v) is 5.62. The van der Waals surface area contributed by atoms with Crippen LogP contribution in [0.4, 0.5) is 0 Å². The molecular formula is C14H18BrN3. The van der Waals surface area contributed by atoms with Gasteiger partial charge in [0.25, 0.3) is 0 Å². The van der Waals surface area contributed by atoms with Crippen molar-refractivity contribution in [2.45, 2.75) is 33.0 Å². The lowest BCUT2D eigenvalue weighted by Gasteiger charge is -2.05. The quantitative estimate of drug-likeness (QED) is 0.919. The zero-order valence-corrected chi connectivity index (χ0v) is 12.3. The molecule has 0 saturated heterocycles. The van der Waals surface area contributed by atoms with Crippen molar-refractivity contribution in [3.63, 3.8) is 0 Å². The molecule has 0 saturated carbocycles. The van der Waals surface area contributed by atoms with Crippen LogP contribution >= 0.6 is 15.9 Å². The highest BCUT2D eigenvalue weighted by Crippen LogP contribution is 2.11. The fourth-order valence-corrected chi connectivity index (χ4v) is 1.96. The Morgan fingerprint density at radius 2 is 2.00 bits per heavy atom. The fraction of sp³-hybridized carbons (Fsp3) is 0.357. The van der Waals surface area contributed by atoms with Crippen molar-refractivity contribution in [2.24, 2.45) is 0 Å². The molecule has 1 aromatic carbocycles. The van der Waals surface area contributed by atoms with Crippen molar-refractivity contribution >= 4 is 15.9 Å². The normalized spacial score (nSPS) is 11.1. The van der Waals surface area contributed by atoms with E-state index in [0.29, 0.717) is 6.04 Å². The first-order valence-corrected chi connectivity index (χ1v) is 6.91. The lowest BCUT2D eigenvalue weighted by Crippen LogP contribution is -2.21. The van der Waals surface area contributed by atoms with Crippen LogP contribution in [0.15, 0.2) is 41.3 Å². The van der Waals surface area contributed by atoms with E-state index in [1.807, 2.05) is 6.33 Å². The van der Waals surface area contributed by atoms with Gasteiger partial charge in [0.15, 0.2) is 0 Å². The van der Waals surface area contributed by atoms with Gasteiger partial charge < -0.3 is 9.88 Å². The van der Waals surface area contributed by atoms with Gasteiger partial charge in [0, 0.05) is 29.8 Å². The van der Waals surface area contributed by atoms with Gasteiger partial charge in [-0.05, 0) is 17.7 Å². The van der Waals surface area contributed by atoms with Crippen LogP contribution < -0.4 is 5.32 Å². The molecular weight excluding hydrogens is 290 g/mol. The summed E-state index contributed by atoms with van der Waals surface area (Å²) in [6.07, 6.45) is 3.98. The van der Waals surface area contributed by atoms with E-state index in [1.165, 1.54) is 5.56 Å². The van der Waals surface area contributed by atoms with Crippen LogP contribution in [0, 0.1) is 0 Å². The third-order valence-corrected chi connectivity index (χ3v) is 3.19. The minimum atomic E-state index is 0.488. The zero-order valence-electron chi connectivity index (χ0n) is 10.7. The number of nitrogens with one attached hydrogen (secondary N) is 1. The van der Waals surface area contributed by atoms with Crippen LogP contribution in [0.2, 0.25) is 0 Å². The average molecular weight is 308 g/mol. The second-order valence-electron chi connectivity index (χ2n) is 4.70. The first-order chi connectivity index (χ1) is 8.63. The Balaban J connectivity index is 1.95. The van der Waals surface area contributed by atoms with Crippen molar-refractivity contribution in [3.05, 3.63) is 52.5 Å². The van der Waals surface area contributed by atoms with Gasteiger partial charge in [0.1, 0.15) is 0 Å². The van der Waals surface area contributed by atoms with E-state index < -0.39 is 0 Å². The summed E-state index contributed by atoms with van der Waals surface area (Å²) in [7, 11) is 0. The van der Waals surface area contributed by atoms with Crippen LogP contribution in [0.5, 0.6) is 0 Å². The van der Waals surface area contributed by atoms with E-state index in [4.69, 9.17) is 0 Å². The average Bonchev–Trinajstić information content (AvgIpc) is 2.77. The van der Waals surface area contributed by atoms with Gasteiger partial charge in [-0.1, -0.05) is 41.9 Å². The van der Waals surface area contributed by atoms with E-state index in [0.717, 1.165) is 23.3 Å². The maximum absolute atomic E-state index is 4.39. The van der Waals surface area contributed by atoms with Gasteiger partial charge in [0.2, 0.25) is 0 Å². The first kappa shape index (κ1) is 13.3. The van der Waals surface area contributed by atoms with Gasteiger partial charge in [-0.2, -0.15) is 0 Å². The molecule has 0 bridgehead atoms. The minimum absolute atomic E-state index is 0.488. The second kappa shape index (κ2) is 6.16. The Labute approximate surface area is 116 Å². The molecule has 0 fully saturated rings. The monoisotopic (exact) mass is 307 g/mol. The molecule has 4 heteroatoms. The van der Waals surface area contributed by atoms with E-state index in [-0.39, 0.29) is 0 Å². The van der Waals surface area contributed by atoms with Crippen molar-refractivity contribution in [2.75, 3.05) is 0 Å². The summed E-state index contributed by atoms with van der Waals surface area (Å²) in [6.45, 7) is 5.96. The Bertz CT molecular complexity index is 488. The largest absolute Gasteiger partial charge is 0.333 e. The number of nitrogens with zero attached hydrogens (tertiary/aromatic N) is 2. The Morgan fingerprint density at radius 3 is 2.67 bits per heavy atom. The van der Waals surface area contributed by atoms with Gasteiger partial charge in [0.05, 0.1) is 12.0 Å². The summed E-state index contributed by atoms with van der Waals surface area (Å²) < 4.78 is 3.22. The number of imidazole rings is 1. The van der Waals surface area contributed by atoms with E-state index in [9.17, 15) is 0 Å². The standard InChI is InChI=1S/C14H18BrN3/c1-11(2)16-7-14-9-18(10-17-14)8-12-3-5-13(15)6-4-12/h3-6,9-11,16H,7-8H2,1-2H3. The van der Waals surface area contributed by atoms with Gasteiger partial charge in [-0.3, -0.25) is 0 Å². The lowest BCUT2D eigenvalue weighted by molar-refractivity contribution is 0.582. The van der Waals surface area contributed by atoms with Crippen molar-refractivity contribution in [3.8, 4) is 0 Å². The molecule has 3 nitrogen and oxygen atoms in total. The van der Waals surface area contributed by atoms with Crippen molar-refractivity contribution < 1.29 is 0 Å². The van der Waals surface area contributed by atoms with Gasteiger partial charge in [-0.15, -0.1) is 0 Å². The summed E-state index contributed by atoms with van der Waals surface area (Å²) in [5.41, 5.74) is 2.36. The highest BCUT2D eigenvalue weighted by molar-refractivity contribution is 9.10. The molecule has 0 unspecified atom stereocenters. The highest BCUT2D eigenvalue weighted by atomic mass is 79.9. The molecule has 0 aliphatic heterocycles. The van der Waals surface area contributed by atoms with Gasteiger partial charge >= 0.3 is 0 Å². The molecule has 1 N–H and O–H groups in total. The topological polar surface area (TPSA) is 29.9 Å². The van der Waals surface area contributed by atoms with E-state index in [2.05, 4.69) is 75.1 Å². The molecule has 2 aromatic rings. The number of halogens is 1. The summed E-state index contributed by atoms with van der Waals surface area (Å²) in [5, 5.41) is 3.36. The molecule has 0 amide bonds. The molecule has 0 aliphatic carbocycles. The Kier molecular flexibility index (Phi) is 4.55. The highest BCUT2D eigenvalue weighted by Gasteiger charge is 2.01. The summed E-state index contributed by atoms with van der Waals surface area (Å²) in [6, 6.07) is 8.86. The van der Waals surface area contributed by atoms with Gasteiger partial charge in [-0.25, -0.2) is 4.98 Å². The zero-order chi connectivity index (χ0) is 13.0. The number of aromatic nitrogens is 2. The summed E-state index contributed by atoms with van der Waals surface area (Å²) in [5.74, 6) is 0. The third kappa shape index (κ3) is 3.96. The molecule has 2 rings (SSSR count). The maximum Gasteiger partial charge on any atom is 0.0953 e. The smallest absolute Gasteiger partial charge is 0.0953 e. The molecule has 1 heterocycles. The fourth-order valence-electron chi connectivity index (χ4n) is 1.69. The molecule has 0 spiro atoms. The van der Waals surface area contributed by atoms with Crippen LogP contribution in [-0.2, 0) is 13.1 Å². The number of hydrogen-bond acceptors (Lipinski definition) is 2. The molecule has 0 aliphatic rings. The number of hydrogen-bond donors (Lipinski definition) is 1.